The predicted molar refractivity (Wildman–Crippen MR) is 118 cm³/mol. The Hall–Kier alpha value is -3.87. The highest BCUT2D eigenvalue weighted by atomic mass is 19.1. The van der Waals surface area contributed by atoms with Crippen LogP contribution >= 0.6 is 0 Å². The van der Waals surface area contributed by atoms with Gasteiger partial charge in [-0.1, -0.05) is 18.2 Å². The van der Waals surface area contributed by atoms with Crippen molar-refractivity contribution < 1.29 is 23.5 Å². The molecule has 2 aliphatic rings. The fraction of sp³-hybridized carbons (Fsp3) is 0.192. The van der Waals surface area contributed by atoms with Gasteiger partial charge in [-0.05, 0) is 67.1 Å². The molecule has 2 heterocycles. The number of benzene rings is 2. The quantitative estimate of drug-likeness (QED) is 0.354. The van der Waals surface area contributed by atoms with Gasteiger partial charge in [-0.25, -0.2) is 8.78 Å². The summed E-state index contributed by atoms with van der Waals surface area (Å²) in [5, 5.41) is 11.2. The van der Waals surface area contributed by atoms with Gasteiger partial charge in [0.05, 0.1) is 17.0 Å². The van der Waals surface area contributed by atoms with E-state index in [1.54, 1.807) is 24.3 Å². The largest absolute Gasteiger partial charge is 0.507 e. The third-order valence-corrected chi connectivity index (χ3v) is 6.20. The van der Waals surface area contributed by atoms with Gasteiger partial charge in [-0.2, -0.15) is 0 Å². The lowest BCUT2D eigenvalue weighted by molar-refractivity contribution is -0.132. The zero-order valence-electron chi connectivity index (χ0n) is 17.6. The Labute approximate surface area is 189 Å². The summed E-state index contributed by atoms with van der Waals surface area (Å²) >= 11 is 0. The van der Waals surface area contributed by atoms with Crippen molar-refractivity contribution in [2.45, 2.75) is 31.7 Å². The molecular weight excluding hydrogens is 426 g/mol. The molecule has 1 atom stereocenters. The van der Waals surface area contributed by atoms with Gasteiger partial charge in [0.15, 0.2) is 0 Å². The Morgan fingerprint density at radius 1 is 0.970 bits per heavy atom. The first-order chi connectivity index (χ1) is 16.0. The predicted octanol–water partition coefficient (Wildman–Crippen LogP) is 4.86. The molecule has 1 saturated heterocycles. The summed E-state index contributed by atoms with van der Waals surface area (Å²) in [6.07, 6.45) is 5.42. The maximum atomic E-state index is 14.7. The van der Waals surface area contributed by atoms with Gasteiger partial charge in [0.25, 0.3) is 11.7 Å². The van der Waals surface area contributed by atoms with Gasteiger partial charge >= 0.3 is 0 Å². The molecule has 166 valence electrons. The number of anilines is 1. The second-order valence-electron chi connectivity index (χ2n) is 8.21. The van der Waals surface area contributed by atoms with Gasteiger partial charge in [-0.15, -0.1) is 0 Å². The number of amides is 1. The number of aryl methyl sites for hydroxylation is 2. The number of ketones is 1. The number of fused-ring (bicyclic) bond motifs is 1. The van der Waals surface area contributed by atoms with Crippen molar-refractivity contribution in [2.24, 2.45) is 0 Å². The summed E-state index contributed by atoms with van der Waals surface area (Å²) < 4.78 is 28.6. The fourth-order valence-electron chi connectivity index (χ4n) is 4.61. The number of carbonyl (C=O) groups excluding carboxylic acids is 2. The molecule has 7 heteroatoms. The van der Waals surface area contributed by atoms with Gasteiger partial charge in [-0.3, -0.25) is 19.5 Å². The van der Waals surface area contributed by atoms with E-state index in [1.807, 2.05) is 12.1 Å². The molecule has 2 aromatic carbocycles. The molecule has 5 nitrogen and oxygen atoms in total. The number of pyridine rings is 1. The highest BCUT2D eigenvalue weighted by molar-refractivity contribution is 6.51. The van der Waals surface area contributed by atoms with Gasteiger partial charge < -0.3 is 5.11 Å². The van der Waals surface area contributed by atoms with Crippen molar-refractivity contribution in [2.75, 3.05) is 4.90 Å². The molecule has 3 aromatic rings. The van der Waals surface area contributed by atoms with Crippen LogP contribution in [0.4, 0.5) is 14.5 Å². The summed E-state index contributed by atoms with van der Waals surface area (Å²) in [5.74, 6) is -4.04. The van der Waals surface area contributed by atoms with Gasteiger partial charge in [0.1, 0.15) is 23.4 Å². The molecule has 0 bridgehead atoms. The number of aliphatic hydroxyl groups is 1. The second kappa shape index (κ2) is 8.24. The SMILES string of the molecule is O=C1C(=O)N(c2cc(F)ccc2F)C(c2ccccn2)/C1=C(/O)c1ccc2c(c1)CCCC2. The van der Waals surface area contributed by atoms with E-state index in [1.165, 1.54) is 11.8 Å². The topological polar surface area (TPSA) is 70.5 Å². The molecule has 0 saturated carbocycles. The van der Waals surface area contributed by atoms with Crippen LogP contribution in [-0.4, -0.2) is 21.8 Å². The van der Waals surface area contributed by atoms with E-state index >= 15 is 0 Å². The molecule has 1 amide bonds. The maximum Gasteiger partial charge on any atom is 0.300 e. The number of hydrogen-bond donors (Lipinski definition) is 1. The summed E-state index contributed by atoms with van der Waals surface area (Å²) in [4.78, 5) is 31.3. The smallest absolute Gasteiger partial charge is 0.300 e. The molecule has 1 unspecified atom stereocenters. The molecule has 0 radical (unpaired) electrons. The van der Waals surface area contributed by atoms with Crippen LogP contribution in [0.3, 0.4) is 0 Å². The number of aromatic nitrogens is 1. The lowest BCUT2D eigenvalue weighted by Crippen LogP contribution is -2.30. The Morgan fingerprint density at radius 3 is 2.52 bits per heavy atom. The van der Waals surface area contributed by atoms with E-state index in [-0.39, 0.29) is 17.0 Å². The molecule has 1 fully saturated rings. The molecular formula is C26H20F2N2O3. The van der Waals surface area contributed by atoms with Crippen molar-refractivity contribution in [1.82, 2.24) is 4.98 Å². The first kappa shape index (κ1) is 21.0. The first-order valence-electron chi connectivity index (χ1n) is 10.7. The zero-order valence-corrected chi connectivity index (χ0v) is 17.6. The highest BCUT2D eigenvalue weighted by Gasteiger charge is 2.48. The summed E-state index contributed by atoms with van der Waals surface area (Å²) in [7, 11) is 0. The maximum absolute atomic E-state index is 14.7. The van der Waals surface area contributed by atoms with E-state index in [0.717, 1.165) is 54.3 Å². The first-order valence-corrected chi connectivity index (χ1v) is 10.7. The fourth-order valence-corrected chi connectivity index (χ4v) is 4.61. The highest BCUT2D eigenvalue weighted by Crippen LogP contribution is 2.42. The minimum Gasteiger partial charge on any atom is -0.507 e. The van der Waals surface area contributed by atoms with Crippen molar-refractivity contribution in [3.8, 4) is 0 Å². The average Bonchev–Trinajstić information content (AvgIpc) is 3.10. The summed E-state index contributed by atoms with van der Waals surface area (Å²) in [6, 6.07) is 11.8. The van der Waals surface area contributed by atoms with Crippen molar-refractivity contribution in [1.29, 1.82) is 0 Å². The monoisotopic (exact) mass is 446 g/mol. The Kier molecular flexibility index (Phi) is 5.24. The van der Waals surface area contributed by atoms with Crippen LogP contribution < -0.4 is 4.90 Å². The zero-order chi connectivity index (χ0) is 23.1. The molecule has 5 rings (SSSR count). The van der Waals surface area contributed by atoms with E-state index in [2.05, 4.69) is 4.98 Å². The third kappa shape index (κ3) is 3.59. The van der Waals surface area contributed by atoms with Crippen LogP contribution in [0.15, 0.2) is 66.4 Å². The average molecular weight is 446 g/mol. The number of rotatable bonds is 3. The van der Waals surface area contributed by atoms with Crippen molar-refractivity contribution in [3.05, 3.63) is 100 Å². The molecule has 1 aliphatic carbocycles. The molecule has 1 N–H and O–H groups in total. The number of nitrogens with zero attached hydrogens (tertiary/aromatic N) is 2. The standard InChI is InChI=1S/C26H20F2N2O3/c27-18-10-11-19(28)21(14-18)30-23(20-7-3-4-12-29-20)22(25(32)26(30)33)24(31)17-9-8-15-5-1-2-6-16(15)13-17/h3-4,7-14,23,31H,1-2,5-6H2/b24-22-. The lowest BCUT2D eigenvalue weighted by atomic mass is 9.89. The summed E-state index contributed by atoms with van der Waals surface area (Å²) in [6.45, 7) is 0. The summed E-state index contributed by atoms with van der Waals surface area (Å²) in [5.41, 5.74) is 2.33. The van der Waals surface area contributed by atoms with Gasteiger partial charge in [0, 0.05) is 17.8 Å². The molecule has 1 aliphatic heterocycles. The number of hydrogen-bond acceptors (Lipinski definition) is 4. The number of aliphatic hydroxyl groups excluding tert-OH is 1. The number of carbonyl (C=O) groups is 2. The van der Waals surface area contributed by atoms with Crippen molar-refractivity contribution in [3.63, 3.8) is 0 Å². The number of Topliss-reactive ketones (excluding diaryl/α,β-unsaturated/α-hetero) is 1. The lowest BCUT2D eigenvalue weighted by Gasteiger charge is -2.25. The van der Waals surface area contributed by atoms with Crippen molar-refractivity contribution >= 4 is 23.1 Å². The Balaban J connectivity index is 1.71. The minimum atomic E-state index is -1.21. The molecule has 0 spiro atoms. The van der Waals surface area contributed by atoms with Crippen LogP contribution in [0.25, 0.3) is 5.76 Å². The van der Waals surface area contributed by atoms with Crippen LogP contribution in [0.1, 0.15) is 41.3 Å². The molecule has 33 heavy (non-hydrogen) atoms. The number of halogens is 2. The third-order valence-electron chi connectivity index (χ3n) is 6.20. The van der Waals surface area contributed by atoms with Crippen LogP contribution in [0.5, 0.6) is 0 Å². The Bertz CT molecular complexity index is 1300. The van der Waals surface area contributed by atoms with Crippen LogP contribution in [0, 0.1) is 11.6 Å². The second-order valence-corrected chi connectivity index (χ2v) is 8.21. The Morgan fingerprint density at radius 2 is 1.76 bits per heavy atom. The van der Waals surface area contributed by atoms with E-state index in [0.29, 0.717) is 5.56 Å². The molecule has 1 aromatic heterocycles. The minimum absolute atomic E-state index is 0.210. The van der Waals surface area contributed by atoms with Gasteiger partial charge in [0.2, 0.25) is 0 Å². The van der Waals surface area contributed by atoms with E-state index < -0.39 is 35.1 Å². The van der Waals surface area contributed by atoms with E-state index in [9.17, 15) is 23.5 Å². The van der Waals surface area contributed by atoms with Crippen LogP contribution in [-0.2, 0) is 22.4 Å². The normalized spacial score (nSPS) is 19.6. The van der Waals surface area contributed by atoms with E-state index in [4.69, 9.17) is 0 Å². The van der Waals surface area contributed by atoms with Crippen LogP contribution in [0.2, 0.25) is 0 Å².